The first-order valence-corrected chi connectivity index (χ1v) is 11.5. The van der Waals surface area contributed by atoms with Gasteiger partial charge in [-0.2, -0.15) is 0 Å². The molecule has 4 aromatic rings. The summed E-state index contributed by atoms with van der Waals surface area (Å²) in [5.41, 5.74) is 2.61. The number of hydrogen-bond donors (Lipinski definition) is 1. The third kappa shape index (κ3) is 5.41. The van der Waals surface area contributed by atoms with Gasteiger partial charge < -0.3 is 14.6 Å². The second kappa shape index (κ2) is 11.0. The Morgan fingerprint density at radius 2 is 1.77 bits per heavy atom. The number of methoxy groups -OCH3 is 1. The van der Waals surface area contributed by atoms with Crippen LogP contribution in [0.15, 0.2) is 70.5 Å². The van der Waals surface area contributed by atoms with Crippen LogP contribution in [0.5, 0.6) is 0 Å². The van der Waals surface area contributed by atoms with E-state index in [2.05, 4.69) is 10.3 Å². The minimum Gasteiger partial charge on any atom is -0.383 e. The summed E-state index contributed by atoms with van der Waals surface area (Å²) in [6.07, 6.45) is 2.19. The minimum absolute atomic E-state index is 0.229. The molecule has 182 valence electrons. The van der Waals surface area contributed by atoms with Crippen LogP contribution in [0.1, 0.15) is 16.7 Å². The van der Waals surface area contributed by atoms with Gasteiger partial charge in [0.05, 0.1) is 19.5 Å². The van der Waals surface area contributed by atoms with Gasteiger partial charge in [-0.15, -0.1) is 0 Å². The van der Waals surface area contributed by atoms with Gasteiger partial charge in [0, 0.05) is 20.2 Å². The Kier molecular flexibility index (Phi) is 7.57. The number of rotatable bonds is 10. The van der Waals surface area contributed by atoms with E-state index in [9.17, 15) is 14.4 Å². The molecular formula is C26H29N5O4. The van der Waals surface area contributed by atoms with Crippen molar-refractivity contribution in [2.75, 3.05) is 20.3 Å². The lowest BCUT2D eigenvalue weighted by Crippen LogP contribution is -2.44. The molecule has 0 unspecified atom stereocenters. The molecule has 35 heavy (non-hydrogen) atoms. The van der Waals surface area contributed by atoms with Crippen LogP contribution in [0.2, 0.25) is 0 Å². The van der Waals surface area contributed by atoms with Gasteiger partial charge in [-0.25, -0.2) is 14.3 Å². The normalized spacial score (nSPS) is 11.1. The van der Waals surface area contributed by atoms with Crippen molar-refractivity contribution in [3.8, 4) is 0 Å². The predicted octanol–water partition coefficient (Wildman–Crippen LogP) is 1.72. The maximum absolute atomic E-state index is 13.4. The number of nitrogens with zero attached hydrogens (tertiary/aromatic N) is 4. The molecule has 2 heterocycles. The smallest absolute Gasteiger partial charge is 0.333 e. The Labute approximate surface area is 202 Å². The molecule has 9 nitrogen and oxygen atoms in total. The largest absolute Gasteiger partial charge is 0.383 e. The Morgan fingerprint density at radius 3 is 2.51 bits per heavy atom. The number of fused-ring (bicyclic) bond motifs is 1. The fourth-order valence-electron chi connectivity index (χ4n) is 4.07. The number of aromatic nitrogens is 4. The highest BCUT2D eigenvalue weighted by molar-refractivity contribution is 5.76. The maximum atomic E-state index is 13.4. The summed E-state index contributed by atoms with van der Waals surface area (Å²) in [5, 5.41) is 2.83. The zero-order valence-corrected chi connectivity index (χ0v) is 19.9. The second-order valence-electron chi connectivity index (χ2n) is 8.38. The lowest BCUT2D eigenvalue weighted by atomic mass is 10.1. The molecule has 0 fully saturated rings. The van der Waals surface area contributed by atoms with E-state index < -0.39 is 17.2 Å². The summed E-state index contributed by atoms with van der Waals surface area (Å²) >= 11 is 0. The van der Waals surface area contributed by atoms with E-state index in [1.165, 1.54) is 10.9 Å². The van der Waals surface area contributed by atoms with E-state index in [1.54, 1.807) is 11.7 Å². The van der Waals surface area contributed by atoms with Gasteiger partial charge in [0.2, 0.25) is 5.91 Å². The number of carbonyl (C=O) groups excluding carboxylic acids is 1. The highest BCUT2D eigenvalue weighted by Crippen LogP contribution is 2.10. The summed E-state index contributed by atoms with van der Waals surface area (Å²) in [6.45, 7) is 3.06. The number of amides is 1. The van der Waals surface area contributed by atoms with Gasteiger partial charge >= 0.3 is 5.69 Å². The number of nitrogens with one attached hydrogen (secondary N) is 1. The van der Waals surface area contributed by atoms with Crippen molar-refractivity contribution >= 4 is 17.1 Å². The number of ether oxygens (including phenoxy) is 1. The average Bonchev–Trinajstić information content (AvgIpc) is 3.29. The predicted molar refractivity (Wildman–Crippen MR) is 134 cm³/mol. The standard InChI is InChI=1S/C26H29N5O4/c1-19-8-6-7-11-21(19)12-13-27-22(32)17-31-25(33)23-24(28-18-29(23)14-15-35-2)30(26(31)34)16-20-9-4-3-5-10-20/h3-11,18H,12-17H2,1-2H3,(H,27,32). The second-order valence-corrected chi connectivity index (χ2v) is 8.38. The summed E-state index contributed by atoms with van der Waals surface area (Å²) in [4.78, 5) is 43.8. The summed E-state index contributed by atoms with van der Waals surface area (Å²) < 4.78 is 9.23. The number of imidazole rings is 1. The third-order valence-electron chi connectivity index (χ3n) is 5.98. The topological polar surface area (TPSA) is 100 Å². The fraction of sp³-hybridized carbons (Fsp3) is 0.308. The van der Waals surface area contributed by atoms with Crippen molar-refractivity contribution < 1.29 is 9.53 Å². The van der Waals surface area contributed by atoms with Gasteiger partial charge in [-0.1, -0.05) is 54.6 Å². The van der Waals surface area contributed by atoms with Crippen molar-refractivity contribution in [1.82, 2.24) is 24.0 Å². The summed E-state index contributed by atoms with van der Waals surface area (Å²) in [7, 11) is 1.57. The number of hydrogen-bond acceptors (Lipinski definition) is 5. The summed E-state index contributed by atoms with van der Waals surface area (Å²) in [5.74, 6) is -0.397. The molecule has 1 amide bonds. The van der Waals surface area contributed by atoms with Crippen LogP contribution >= 0.6 is 0 Å². The number of carbonyl (C=O) groups is 1. The van der Waals surface area contributed by atoms with Gasteiger partial charge in [0.1, 0.15) is 6.54 Å². The van der Waals surface area contributed by atoms with Gasteiger partial charge in [-0.3, -0.25) is 14.2 Å². The molecule has 0 radical (unpaired) electrons. The third-order valence-corrected chi connectivity index (χ3v) is 5.98. The molecular weight excluding hydrogens is 446 g/mol. The molecule has 1 N–H and O–H groups in total. The quantitative estimate of drug-likeness (QED) is 0.377. The molecule has 2 aromatic heterocycles. The highest BCUT2D eigenvalue weighted by Gasteiger charge is 2.20. The zero-order chi connectivity index (χ0) is 24.8. The first-order valence-electron chi connectivity index (χ1n) is 11.5. The molecule has 0 aliphatic rings. The zero-order valence-electron chi connectivity index (χ0n) is 19.9. The van der Waals surface area contributed by atoms with E-state index in [0.29, 0.717) is 26.1 Å². The minimum atomic E-state index is -0.572. The first kappa shape index (κ1) is 24.2. The molecule has 9 heteroatoms. The Hall–Kier alpha value is -3.98. The van der Waals surface area contributed by atoms with Crippen LogP contribution in [0, 0.1) is 6.92 Å². The monoisotopic (exact) mass is 475 g/mol. The van der Waals surface area contributed by atoms with Crippen LogP contribution < -0.4 is 16.6 Å². The van der Waals surface area contributed by atoms with E-state index in [4.69, 9.17) is 4.74 Å². The Morgan fingerprint density at radius 1 is 1.03 bits per heavy atom. The maximum Gasteiger partial charge on any atom is 0.333 e. The van der Waals surface area contributed by atoms with E-state index in [0.717, 1.165) is 21.3 Å². The van der Waals surface area contributed by atoms with Crippen molar-refractivity contribution in [2.45, 2.75) is 33.0 Å². The molecule has 0 saturated heterocycles. The number of benzene rings is 2. The summed E-state index contributed by atoms with van der Waals surface area (Å²) in [6, 6.07) is 17.4. The molecule has 0 bridgehead atoms. The van der Waals surface area contributed by atoms with Crippen LogP contribution in [-0.4, -0.2) is 44.9 Å². The van der Waals surface area contributed by atoms with Crippen molar-refractivity contribution in [1.29, 1.82) is 0 Å². The molecule has 2 aromatic carbocycles. The van der Waals surface area contributed by atoms with Gasteiger partial charge in [0.15, 0.2) is 11.2 Å². The van der Waals surface area contributed by atoms with Crippen LogP contribution in [0.4, 0.5) is 0 Å². The molecule has 0 atom stereocenters. The fourth-order valence-corrected chi connectivity index (χ4v) is 4.07. The Bertz CT molecular complexity index is 1440. The molecule has 0 aliphatic carbocycles. The molecule has 0 saturated carbocycles. The van der Waals surface area contributed by atoms with E-state index in [1.807, 2.05) is 61.5 Å². The average molecular weight is 476 g/mol. The number of aryl methyl sites for hydroxylation is 1. The first-order chi connectivity index (χ1) is 17.0. The van der Waals surface area contributed by atoms with Crippen molar-refractivity contribution in [2.24, 2.45) is 0 Å². The van der Waals surface area contributed by atoms with Crippen LogP contribution in [0.25, 0.3) is 11.2 Å². The molecule has 4 rings (SSSR count). The Balaban J connectivity index is 1.64. The van der Waals surface area contributed by atoms with Crippen molar-refractivity contribution in [3.63, 3.8) is 0 Å². The van der Waals surface area contributed by atoms with E-state index >= 15 is 0 Å². The SMILES string of the molecule is COCCn1cnc2c1c(=O)n(CC(=O)NCCc1ccccc1C)c(=O)n2Cc1ccccc1. The lowest BCUT2D eigenvalue weighted by Gasteiger charge is -2.13. The van der Waals surface area contributed by atoms with E-state index in [-0.39, 0.29) is 24.3 Å². The molecule has 0 spiro atoms. The highest BCUT2D eigenvalue weighted by atomic mass is 16.5. The van der Waals surface area contributed by atoms with Gasteiger partial charge in [-0.05, 0) is 30.0 Å². The van der Waals surface area contributed by atoms with Crippen LogP contribution in [0.3, 0.4) is 0 Å². The van der Waals surface area contributed by atoms with Gasteiger partial charge in [0.25, 0.3) is 5.56 Å². The van der Waals surface area contributed by atoms with Crippen LogP contribution in [-0.2, 0) is 35.6 Å². The lowest BCUT2D eigenvalue weighted by molar-refractivity contribution is -0.121. The van der Waals surface area contributed by atoms with Crippen molar-refractivity contribution in [3.05, 3.63) is 98.5 Å². The molecule has 0 aliphatic heterocycles.